The van der Waals surface area contributed by atoms with Gasteiger partial charge in [-0.1, -0.05) is 6.92 Å². The minimum absolute atomic E-state index is 0.293. The van der Waals surface area contributed by atoms with Crippen LogP contribution in [0.4, 0.5) is 0 Å². The molecule has 0 bridgehead atoms. The van der Waals surface area contributed by atoms with Gasteiger partial charge in [-0.3, -0.25) is 5.32 Å². The van der Waals surface area contributed by atoms with E-state index in [4.69, 9.17) is 0 Å². The number of hydrogen-bond donors (Lipinski definition) is 1. The van der Waals surface area contributed by atoms with Crippen molar-refractivity contribution in [3.05, 3.63) is 0 Å². The summed E-state index contributed by atoms with van der Waals surface area (Å²) in [6.45, 7) is 11.0. The highest BCUT2D eigenvalue weighted by Crippen LogP contribution is 2.23. The predicted octanol–water partition coefficient (Wildman–Crippen LogP) is 2.53. The Morgan fingerprint density at radius 1 is 1.29 bits per heavy atom. The minimum Gasteiger partial charge on any atom is -0.301 e. The zero-order valence-electron chi connectivity index (χ0n) is 11.8. The summed E-state index contributed by atoms with van der Waals surface area (Å²) in [6.07, 6.45) is 4.13. The molecule has 1 aliphatic heterocycles. The van der Waals surface area contributed by atoms with Crippen LogP contribution in [0, 0.1) is 11.3 Å². The molecule has 0 spiro atoms. The highest BCUT2D eigenvalue weighted by molar-refractivity contribution is 5.09. The third-order valence-corrected chi connectivity index (χ3v) is 3.95. The van der Waals surface area contributed by atoms with Crippen LogP contribution in [0.3, 0.4) is 0 Å². The second-order valence-electron chi connectivity index (χ2n) is 5.63. The standard InChI is InChI=1S/C14H27N3/c1-5-13(4)16-14(11-15)7-6-9-17(10-8-14)12(2)3/h12-13,16H,5-10H2,1-4H3. The first kappa shape index (κ1) is 14.5. The van der Waals surface area contributed by atoms with E-state index in [1.54, 1.807) is 0 Å². The highest BCUT2D eigenvalue weighted by Gasteiger charge is 2.33. The quantitative estimate of drug-likeness (QED) is 0.816. The van der Waals surface area contributed by atoms with Crippen LogP contribution < -0.4 is 5.32 Å². The van der Waals surface area contributed by atoms with Gasteiger partial charge in [0.15, 0.2) is 0 Å². The number of likely N-dealkylation sites (tertiary alicyclic amines) is 1. The summed E-state index contributed by atoms with van der Waals surface area (Å²) < 4.78 is 0. The molecule has 1 N–H and O–H groups in total. The number of nitrogens with one attached hydrogen (secondary N) is 1. The third kappa shape index (κ3) is 3.97. The second-order valence-corrected chi connectivity index (χ2v) is 5.63. The minimum atomic E-state index is -0.293. The van der Waals surface area contributed by atoms with Gasteiger partial charge in [0.05, 0.1) is 6.07 Å². The lowest BCUT2D eigenvalue weighted by Crippen LogP contribution is -2.49. The Hall–Kier alpha value is -0.590. The summed E-state index contributed by atoms with van der Waals surface area (Å²) in [5.74, 6) is 0. The first-order valence-corrected chi connectivity index (χ1v) is 6.96. The lowest BCUT2D eigenvalue weighted by atomic mass is 9.91. The molecule has 0 aromatic carbocycles. The van der Waals surface area contributed by atoms with E-state index < -0.39 is 0 Å². The molecule has 0 saturated carbocycles. The Kier molecular flexibility index (Phi) is 5.42. The van der Waals surface area contributed by atoms with Crippen LogP contribution >= 0.6 is 0 Å². The number of hydrogen-bond acceptors (Lipinski definition) is 3. The molecule has 2 unspecified atom stereocenters. The Balaban J connectivity index is 2.65. The lowest BCUT2D eigenvalue weighted by molar-refractivity contribution is 0.223. The monoisotopic (exact) mass is 237 g/mol. The molecule has 1 rings (SSSR count). The Morgan fingerprint density at radius 3 is 2.53 bits per heavy atom. The molecule has 3 heteroatoms. The zero-order valence-corrected chi connectivity index (χ0v) is 11.8. The van der Waals surface area contributed by atoms with E-state index in [-0.39, 0.29) is 5.54 Å². The van der Waals surface area contributed by atoms with Gasteiger partial charge in [0, 0.05) is 18.6 Å². The number of rotatable bonds is 4. The summed E-state index contributed by atoms with van der Waals surface area (Å²) in [7, 11) is 0. The predicted molar refractivity (Wildman–Crippen MR) is 71.8 cm³/mol. The fourth-order valence-corrected chi connectivity index (χ4v) is 2.53. The molecule has 1 aliphatic rings. The normalized spacial score (nSPS) is 28.7. The molecule has 1 saturated heterocycles. The van der Waals surface area contributed by atoms with Gasteiger partial charge in [-0.05, 0) is 53.0 Å². The van der Waals surface area contributed by atoms with E-state index in [9.17, 15) is 5.26 Å². The molecule has 0 amide bonds. The highest BCUT2D eigenvalue weighted by atomic mass is 15.2. The SMILES string of the molecule is CCC(C)NC1(C#N)CCCN(C(C)C)CC1. The first-order valence-electron chi connectivity index (χ1n) is 6.96. The lowest BCUT2D eigenvalue weighted by Gasteiger charge is -2.30. The second kappa shape index (κ2) is 6.37. The van der Waals surface area contributed by atoms with Gasteiger partial charge in [0.25, 0.3) is 0 Å². The van der Waals surface area contributed by atoms with E-state index in [0.717, 1.165) is 38.8 Å². The van der Waals surface area contributed by atoms with Crippen molar-refractivity contribution in [2.45, 2.75) is 71.0 Å². The van der Waals surface area contributed by atoms with Crippen molar-refractivity contribution in [1.82, 2.24) is 10.2 Å². The molecule has 0 aromatic heterocycles. The van der Waals surface area contributed by atoms with Gasteiger partial charge >= 0.3 is 0 Å². The Labute approximate surface area is 106 Å². The Morgan fingerprint density at radius 2 is 2.00 bits per heavy atom. The average Bonchev–Trinajstić information content (AvgIpc) is 2.52. The van der Waals surface area contributed by atoms with Gasteiger partial charge < -0.3 is 4.90 Å². The van der Waals surface area contributed by atoms with Gasteiger partial charge in [0.2, 0.25) is 0 Å². The molecule has 0 radical (unpaired) electrons. The molecule has 1 fully saturated rings. The molecular formula is C14H27N3. The number of nitrogens with zero attached hydrogens (tertiary/aromatic N) is 2. The van der Waals surface area contributed by atoms with E-state index in [1.807, 2.05) is 0 Å². The van der Waals surface area contributed by atoms with Crippen LogP contribution in [0.25, 0.3) is 0 Å². The Bertz CT molecular complexity index is 269. The summed E-state index contributed by atoms with van der Waals surface area (Å²) in [5.41, 5.74) is -0.293. The molecule has 1 heterocycles. The summed E-state index contributed by atoms with van der Waals surface area (Å²) >= 11 is 0. The maximum absolute atomic E-state index is 9.50. The van der Waals surface area contributed by atoms with Crippen LogP contribution in [0.5, 0.6) is 0 Å². The van der Waals surface area contributed by atoms with E-state index in [2.05, 4.69) is 44.0 Å². The van der Waals surface area contributed by atoms with Crippen molar-refractivity contribution in [3.8, 4) is 6.07 Å². The summed E-state index contributed by atoms with van der Waals surface area (Å²) in [5, 5.41) is 13.0. The van der Waals surface area contributed by atoms with E-state index in [0.29, 0.717) is 12.1 Å². The summed E-state index contributed by atoms with van der Waals surface area (Å²) in [4.78, 5) is 2.48. The van der Waals surface area contributed by atoms with Crippen molar-refractivity contribution in [2.24, 2.45) is 0 Å². The van der Waals surface area contributed by atoms with Crippen LogP contribution in [0.15, 0.2) is 0 Å². The van der Waals surface area contributed by atoms with Crippen LogP contribution in [0.1, 0.15) is 53.4 Å². The van der Waals surface area contributed by atoms with Crippen LogP contribution in [-0.2, 0) is 0 Å². The molecule has 0 aliphatic carbocycles. The largest absolute Gasteiger partial charge is 0.301 e. The van der Waals surface area contributed by atoms with Crippen molar-refractivity contribution in [3.63, 3.8) is 0 Å². The fourth-order valence-electron chi connectivity index (χ4n) is 2.53. The molecule has 98 valence electrons. The average molecular weight is 237 g/mol. The van der Waals surface area contributed by atoms with Crippen molar-refractivity contribution < 1.29 is 0 Å². The smallest absolute Gasteiger partial charge is 0.108 e. The van der Waals surface area contributed by atoms with E-state index in [1.165, 1.54) is 0 Å². The van der Waals surface area contributed by atoms with Gasteiger partial charge in [0.1, 0.15) is 5.54 Å². The summed E-state index contributed by atoms with van der Waals surface area (Å²) in [6, 6.07) is 3.57. The molecule has 0 aromatic rings. The fraction of sp³-hybridized carbons (Fsp3) is 0.929. The van der Waals surface area contributed by atoms with Crippen molar-refractivity contribution in [2.75, 3.05) is 13.1 Å². The molecular weight excluding hydrogens is 210 g/mol. The van der Waals surface area contributed by atoms with Gasteiger partial charge in [-0.15, -0.1) is 0 Å². The van der Waals surface area contributed by atoms with Gasteiger partial charge in [-0.25, -0.2) is 0 Å². The third-order valence-electron chi connectivity index (χ3n) is 3.95. The maximum atomic E-state index is 9.50. The first-order chi connectivity index (χ1) is 8.03. The van der Waals surface area contributed by atoms with Crippen molar-refractivity contribution in [1.29, 1.82) is 5.26 Å². The molecule has 17 heavy (non-hydrogen) atoms. The van der Waals surface area contributed by atoms with Crippen molar-refractivity contribution >= 4 is 0 Å². The molecule has 2 atom stereocenters. The topological polar surface area (TPSA) is 39.1 Å². The maximum Gasteiger partial charge on any atom is 0.108 e. The zero-order chi connectivity index (χ0) is 12.9. The van der Waals surface area contributed by atoms with E-state index >= 15 is 0 Å². The van der Waals surface area contributed by atoms with Crippen LogP contribution in [0.2, 0.25) is 0 Å². The van der Waals surface area contributed by atoms with Crippen LogP contribution in [-0.4, -0.2) is 35.6 Å². The number of nitriles is 1. The van der Waals surface area contributed by atoms with Gasteiger partial charge in [-0.2, -0.15) is 5.26 Å². The molecule has 3 nitrogen and oxygen atoms in total.